The van der Waals surface area contributed by atoms with Crippen molar-refractivity contribution in [1.82, 2.24) is 0 Å². The summed E-state index contributed by atoms with van der Waals surface area (Å²) in [4.78, 5) is 0. The average molecular weight is 339 g/mol. The topological polar surface area (TPSA) is 35.2 Å². The van der Waals surface area contributed by atoms with E-state index in [1.54, 1.807) is 0 Å². The maximum atomic E-state index is 5.84. The van der Waals surface area contributed by atoms with Gasteiger partial charge in [0.2, 0.25) is 0 Å². The third-order valence-corrected chi connectivity index (χ3v) is 3.15. The van der Waals surface area contributed by atoms with Gasteiger partial charge in [-0.25, -0.2) is 0 Å². The van der Waals surface area contributed by atoms with Crippen LogP contribution in [0.5, 0.6) is 11.5 Å². The molecule has 1 unspecified atom stereocenters. The van der Waals surface area contributed by atoms with Crippen molar-refractivity contribution in [3.8, 4) is 11.5 Å². The van der Waals surface area contributed by atoms with Crippen molar-refractivity contribution < 1.29 is 4.74 Å². The molecule has 88 valence electrons. The van der Waals surface area contributed by atoms with Crippen molar-refractivity contribution in [3.63, 3.8) is 0 Å². The van der Waals surface area contributed by atoms with E-state index >= 15 is 0 Å². The highest BCUT2D eigenvalue weighted by molar-refractivity contribution is 14.1. The first-order chi connectivity index (χ1) is 8.15. The zero-order valence-electron chi connectivity index (χ0n) is 9.56. The molecule has 2 nitrogen and oxygen atoms in total. The van der Waals surface area contributed by atoms with Crippen LogP contribution in [-0.4, -0.2) is 0 Å². The van der Waals surface area contributed by atoms with E-state index in [4.69, 9.17) is 10.5 Å². The minimum atomic E-state index is 0.0234. The summed E-state index contributed by atoms with van der Waals surface area (Å²) in [6, 6.07) is 15.9. The lowest BCUT2D eigenvalue weighted by Crippen LogP contribution is -2.04. The van der Waals surface area contributed by atoms with Gasteiger partial charge in [-0.15, -0.1) is 0 Å². The SMILES string of the molecule is CC(N)c1cccc(Oc2ccc(I)cc2)c1. The molecular weight excluding hydrogens is 325 g/mol. The fourth-order valence-electron chi connectivity index (χ4n) is 1.50. The molecule has 0 aliphatic carbocycles. The van der Waals surface area contributed by atoms with Crippen molar-refractivity contribution in [2.24, 2.45) is 5.73 Å². The van der Waals surface area contributed by atoms with Gasteiger partial charge in [-0.2, -0.15) is 0 Å². The molecule has 0 saturated heterocycles. The molecule has 0 bridgehead atoms. The Labute approximate surface area is 115 Å². The summed E-state index contributed by atoms with van der Waals surface area (Å²) in [7, 11) is 0. The van der Waals surface area contributed by atoms with Crippen LogP contribution in [0, 0.1) is 3.57 Å². The van der Waals surface area contributed by atoms with Crippen LogP contribution in [0.4, 0.5) is 0 Å². The zero-order chi connectivity index (χ0) is 12.3. The van der Waals surface area contributed by atoms with Crippen LogP contribution >= 0.6 is 22.6 Å². The summed E-state index contributed by atoms with van der Waals surface area (Å²) in [6.45, 7) is 1.96. The largest absolute Gasteiger partial charge is 0.457 e. The second-order valence-electron chi connectivity index (χ2n) is 3.92. The molecule has 0 aliphatic heterocycles. The normalized spacial score (nSPS) is 12.2. The quantitative estimate of drug-likeness (QED) is 0.855. The highest BCUT2D eigenvalue weighted by Crippen LogP contribution is 2.24. The summed E-state index contributed by atoms with van der Waals surface area (Å²) in [5.74, 6) is 1.66. The van der Waals surface area contributed by atoms with Crippen molar-refractivity contribution in [3.05, 3.63) is 57.7 Å². The Morgan fingerprint density at radius 2 is 1.76 bits per heavy atom. The van der Waals surface area contributed by atoms with E-state index in [2.05, 4.69) is 22.6 Å². The van der Waals surface area contributed by atoms with Crippen LogP contribution in [0.2, 0.25) is 0 Å². The van der Waals surface area contributed by atoms with Gasteiger partial charge in [0, 0.05) is 9.61 Å². The van der Waals surface area contributed by atoms with Crippen LogP contribution in [0.1, 0.15) is 18.5 Å². The van der Waals surface area contributed by atoms with Crippen LogP contribution < -0.4 is 10.5 Å². The standard InChI is InChI=1S/C14H14INO/c1-10(16)11-3-2-4-14(9-11)17-13-7-5-12(15)6-8-13/h2-10H,16H2,1H3. The highest BCUT2D eigenvalue weighted by Gasteiger charge is 2.02. The molecule has 2 N–H and O–H groups in total. The van der Waals surface area contributed by atoms with E-state index in [9.17, 15) is 0 Å². The Bertz CT molecular complexity index is 494. The minimum absolute atomic E-state index is 0.0234. The Morgan fingerprint density at radius 3 is 2.41 bits per heavy atom. The number of nitrogens with two attached hydrogens (primary N) is 1. The molecule has 0 spiro atoms. The Hall–Kier alpha value is -1.07. The molecule has 0 saturated carbocycles. The summed E-state index contributed by atoms with van der Waals surface area (Å²) in [6.07, 6.45) is 0. The van der Waals surface area contributed by atoms with E-state index < -0.39 is 0 Å². The molecule has 0 amide bonds. The van der Waals surface area contributed by atoms with E-state index in [1.807, 2.05) is 55.5 Å². The lowest BCUT2D eigenvalue weighted by atomic mass is 10.1. The Kier molecular flexibility index (Phi) is 4.02. The van der Waals surface area contributed by atoms with Crippen LogP contribution in [-0.2, 0) is 0 Å². The van der Waals surface area contributed by atoms with E-state index in [0.717, 1.165) is 17.1 Å². The van der Waals surface area contributed by atoms with Gasteiger partial charge < -0.3 is 10.5 Å². The summed E-state index contributed by atoms with van der Waals surface area (Å²) >= 11 is 2.27. The number of hydrogen-bond donors (Lipinski definition) is 1. The number of benzene rings is 2. The maximum absolute atomic E-state index is 5.84. The number of halogens is 1. The molecule has 1 atom stereocenters. The van der Waals surface area contributed by atoms with Crippen molar-refractivity contribution in [2.75, 3.05) is 0 Å². The molecule has 2 aromatic carbocycles. The van der Waals surface area contributed by atoms with Gasteiger partial charge >= 0.3 is 0 Å². The number of hydrogen-bond acceptors (Lipinski definition) is 2. The molecule has 0 heterocycles. The maximum Gasteiger partial charge on any atom is 0.127 e. The van der Waals surface area contributed by atoms with E-state index in [0.29, 0.717) is 0 Å². The number of ether oxygens (including phenoxy) is 1. The third-order valence-electron chi connectivity index (χ3n) is 2.43. The summed E-state index contributed by atoms with van der Waals surface area (Å²) in [5, 5.41) is 0. The van der Waals surface area contributed by atoms with Gasteiger partial charge in [-0.1, -0.05) is 12.1 Å². The van der Waals surface area contributed by atoms with Gasteiger partial charge in [0.1, 0.15) is 11.5 Å². The van der Waals surface area contributed by atoms with Gasteiger partial charge in [0.15, 0.2) is 0 Å². The molecule has 0 aromatic heterocycles. The molecule has 3 heteroatoms. The Balaban J connectivity index is 2.18. The number of rotatable bonds is 3. The van der Waals surface area contributed by atoms with Gasteiger partial charge in [0.05, 0.1) is 0 Å². The van der Waals surface area contributed by atoms with Crippen LogP contribution in [0.3, 0.4) is 0 Å². The molecule has 2 aromatic rings. The lowest BCUT2D eigenvalue weighted by molar-refractivity contribution is 0.481. The van der Waals surface area contributed by atoms with E-state index in [-0.39, 0.29) is 6.04 Å². The summed E-state index contributed by atoms with van der Waals surface area (Å²) < 4.78 is 6.96. The van der Waals surface area contributed by atoms with Crippen molar-refractivity contribution >= 4 is 22.6 Å². The fraction of sp³-hybridized carbons (Fsp3) is 0.143. The molecule has 17 heavy (non-hydrogen) atoms. The van der Waals surface area contributed by atoms with Crippen LogP contribution in [0.25, 0.3) is 0 Å². The second-order valence-corrected chi connectivity index (χ2v) is 5.16. The molecule has 2 rings (SSSR count). The monoisotopic (exact) mass is 339 g/mol. The fourth-order valence-corrected chi connectivity index (χ4v) is 1.86. The predicted octanol–water partition coefficient (Wildman–Crippen LogP) is 4.10. The Morgan fingerprint density at radius 1 is 1.06 bits per heavy atom. The zero-order valence-corrected chi connectivity index (χ0v) is 11.7. The van der Waals surface area contributed by atoms with Crippen molar-refractivity contribution in [1.29, 1.82) is 0 Å². The molecular formula is C14H14INO. The molecule has 0 radical (unpaired) electrons. The van der Waals surface area contributed by atoms with Gasteiger partial charge in [-0.05, 0) is 71.5 Å². The molecule has 0 fully saturated rings. The first kappa shape index (κ1) is 12.4. The van der Waals surface area contributed by atoms with Gasteiger partial charge in [-0.3, -0.25) is 0 Å². The predicted molar refractivity (Wildman–Crippen MR) is 78.3 cm³/mol. The molecule has 0 aliphatic rings. The first-order valence-corrected chi connectivity index (χ1v) is 6.52. The van der Waals surface area contributed by atoms with Gasteiger partial charge in [0.25, 0.3) is 0 Å². The second kappa shape index (κ2) is 5.51. The summed E-state index contributed by atoms with van der Waals surface area (Å²) in [5.41, 5.74) is 6.92. The van der Waals surface area contributed by atoms with E-state index in [1.165, 1.54) is 3.57 Å². The first-order valence-electron chi connectivity index (χ1n) is 5.44. The lowest BCUT2D eigenvalue weighted by Gasteiger charge is -2.09. The average Bonchev–Trinajstić information content (AvgIpc) is 2.32. The van der Waals surface area contributed by atoms with Crippen molar-refractivity contribution in [2.45, 2.75) is 13.0 Å². The smallest absolute Gasteiger partial charge is 0.127 e. The minimum Gasteiger partial charge on any atom is -0.457 e. The highest BCUT2D eigenvalue weighted by atomic mass is 127. The third kappa shape index (κ3) is 3.44. The van der Waals surface area contributed by atoms with Crippen LogP contribution in [0.15, 0.2) is 48.5 Å².